The van der Waals surface area contributed by atoms with E-state index in [0.717, 1.165) is 30.8 Å². The molecule has 4 nitrogen and oxygen atoms in total. The second-order valence-corrected chi connectivity index (χ2v) is 7.00. The minimum absolute atomic E-state index is 0.0129. The number of anilines is 1. The van der Waals surface area contributed by atoms with Crippen LogP contribution in [-0.4, -0.2) is 37.2 Å². The predicted octanol–water partition coefficient (Wildman–Crippen LogP) is 4.43. The molecule has 1 aromatic carbocycles. The van der Waals surface area contributed by atoms with Crippen molar-refractivity contribution in [1.82, 2.24) is 4.90 Å². The van der Waals surface area contributed by atoms with E-state index < -0.39 is 0 Å². The van der Waals surface area contributed by atoms with Crippen molar-refractivity contribution in [1.29, 1.82) is 0 Å². The lowest BCUT2D eigenvalue weighted by molar-refractivity contribution is -0.114. The molecule has 0 spiro atoms. The molecule has 1 aliphatic heterocycles. The van der Waals surface area contributed by atoms with E-state index in [9.17, 15) is 4.79 Å². The van der Waals surface area contributed by atoms with Crippen molar-refractivity contribution in [3.05, 3.63) is 53.4 Å². The fraction of sp³-hybridized carbons (Fsp3) is 0.455. The number of likely N-dealkylation sites (N-methyl/N-ethyl adjacent to an activating group) is 1. The number of hydrogen-bond acceptors (Lipinski definition) is 3. The van der Waals surface area contributed by atoms with Gasteiger partial charge in [-0.25, -0.2) is 0 Å². The molecule has 0 saturated heterocycles. The average molecular weight is 354 g/mol. The van der Waals surface area contributed by atoms with Gasteiger partial charge in [-0.3, -0.25) is 9.79 Å². The van der Waals surface area contributed by atoms with Gasteiger partial charge in [0.05, 0.1) is 5.57 Å². The summed E-state index contributed by atoms with van der Waals surface area (Å²) in [4.78, 5) is 21.8. The largest absolute Gasteiger partial charge is 0.375 e. The van der Waals surface area contributed by atoms with E-state index in [0.29, 0.717) is 17.8 Å². The predicted molar refractivity (Wildman–Crippen MR) is 111 cm³/mol. The SMILES string of the molecule is C=C(C)/N=C\C1=C(C(C)CC)N(C)CCN(c2ccc(CC)cc2)C1=O. The summed E-state index contributed by atoms with van der Waals surface area (Å²) in [7, 11) is 2.06. The first-order chi connectivity index (χ1) is 12.4. The summed E-state index contributed by atoms with van der Waals surface area (Å²) in [5.74, 6) is 0.303. The Bertz CT molecular complexity index is 715. The third kappa shape index (κ3) is 4.43. The van der Waals surface area contributed by atoms with Gasteiger partial charge in [0, 0.05) is 43.4 Å². The van der Waals surface area contributed by atoms with Crippen LogP contribution in [0.5, 0.6) is 0 Å². The van der Waals surface area contributed by atoms with Gasteiger partial charge in [0.25, 0.3) is 5.91 Å². The standard InChI is InChI=1S/C22H31N3O/c1-7-17(5)21-20(15-23-16(3)4)22(26)25(14-13-24(21)6)19-11-9-18(8-2)10-12-19/h9-12,15,17H,3,7-8,13-14H2,1-2,4-6H3/b23-15-. The summed E-state index contributed by atoms with van der Waals surface area (Å²) in [6, 6.07) is 8.27. The Morgan fingerprint density at radius 1 is 1.27 bits per heavy atom. The summed E-state index contributed by atoms with van der Waals surface area (Å²) in [5.41, 5.74) is 4.64. The number of allylic oxidation sites excluding steroid dienone is 2. The Kier molecular flexibility index (Phi) is 6.78. The summed E-state index contributed by atoms with van der Waals surface area (Å²) in [6.07, 6.45) is 3.66. The highest BCUT2D eigenvalue weighted by Crippen LogP contribution is 2.27. The van der Waals surface area contributed by atoms with Gasteiger partial charge >= 0.3 is 0 Å². The molecule has 1 aliphatic rings. The van der Waals surface area contributed by atoms with Crippen molar-refractivity contribution >= 4 is 17.8 Å². The molecule has 0 saturated carbocycles. The van der Waals surface area contributed by atoms with Crippen LogP contribution >= 0.6 is 0 Å². The Morgan fingerprint density at radius 3 is 2.46 bits per heavy atom. The molecule has 1 amide bonds. The molecule has 0 bridgehead atoms. The fourth-order valence-electron chi connectivity index (χ4n) is 3.22. The summed E-state index contributed by atoms with van der Waals surface area (Å²) >= 11 is 0. The first-order valence-corrected chi connectivity index (χ1v) is 9.44. The molecule has 1 atom stereocenters. The molecule has 0 aromatic heterocycles. The molecule has 0 aliphatic carbocycles. The monoisotopic (exact) mass is 353 g/mol. The molecule has 1 heterocycles. The average Bonchev–Trinajstić information content (AvgIpc) is 2.76. The highest BCUT2D eigenvalue weighted by Gasteiger charge is 2.29. The van der Waals surface area contributed by atoms with E-state index in [1.807, 2.05) is 24.0 Å². The van der Waals surface area contributed by atoms with Crippen LogP contribution in [0.2, 0.25) is 0 Å². The van der Waals surface area contributed by atoms with E-state index in [1.165, 1.54) is 5.56 Å². The number of rotatable bonds is 6. The van der Waals surface area contributed by atoms with E-state index in [-0.39, 0.29) is 11.8 Å². The summed E-state index contributed by atoms with van der Waals surface area (Å²) in [6.45, 7) is 13.6. The normalized spacial score (nSPS) is 17.0. The maximum Gasteiger partial charge on any atom is 0.261 e. The van der Waals surface area contributed by atoms with Gasteiger partial charge < -0.3 is 9.80 Å². The zero-order valence-electron chi connectivity index (χ0n) is 16.7. The van der Waals surface area contributed by atoms with Crippen LogP contribution in [0.1, 0.15) is 39.7 Å². The highest BCUT2D eigenvalue weighted by molar-refractivity contribution is 6.19. The van der Waals surface area contributed by atoms with Crippen molar-refractivity contribution in [3.63, 3.8) is 0 Å². The van der Waals surface area contributed by atoms with Crippen molar-refractivity contribution in [3.8, 4) is 0 Å². The molecule has 0 fully saturated rings. The number of aliphatic imine (C=N–C) groups is 1. The molecule has 0 N–H and O–H groups in total. The molecule has 1 unspecified atom stereocenters. The Hall–Kier alpha value is -2.36. The second kappa shape index (κ2) is 8.84. The van der Waals surface area contributed by atoms with Crippen LogP contribution in [0.25, 0.3) is 0 Å². The van der Waals surface area contributed by atoms with E-state index in [4.69, 9.17) is 0 Å². The van der Waals surface area contributed by atoms with Gasteiger partial charge in [-0.2, -0.15) is 0 Å². The van der Waals surface area contributed by atoms with E-state index in [2.05, 4.69) is 56.4 Å². The molecule has 4 heteroatoms. The van der Waals surface area contributed by atoms with Crippen LogP contribution in [0.15, 0.2) is 52.8 Å². The molecular formula is C22H31N3O. The van der Waals surface area contributed by atoms with Crippen molar-refractivity contribution in [2.45, 2.75) is 40.5 Å². The molecule has 1 aromatic rings. The van der Waals surface area contributed by atoms with E-state index in [1.54, 1.807) is 6.21 Å². The highest BCUT2D eigenvalue weighted by atomic mass is 16.2. The first-order valence-electron chi connectivity index (χ1n) is 9.44. The molecule has 26 heavy (non-hydrogen) atoms. The van der Waals surface area contributed by atoms with Crippen LogP contribution in [0, 0.1) is 5.92 Å². The number of carbonyl (C=O) groups is 1. The van der Waals surface area contributed by atoms with Gasteiger partial charge in [-0.15, -0.1) is 0 Å². The summed E-state index contributed by atoms with van der Waals surface area (Å²) in [5, 5.41) is 0. The quantitative estimate of drug-likeness (QED) is 0.709. The topological polar surface area (TPSA) is 35.9 Å². The van der Waals surface area contributed by atoms with Crippen LogP contribution in [-0.2, 0) is 11.2 Å². The van der Waals surface area contributed by atoms with Crippen molar-refractivity contribution in [2.24, 2.45) is 10.9 Å². The van der Waals surface area contributed by atoms with Crippen LogP contribution in [0.4, 0.5) is 5.69 Å². The molecule has 140 valence electrons. The van der Waals surface area contributed by atoms with Crippen molar-refractivity contribution in [2.75, 3.05) is 25.0 Å². The number of amides is 1. The van der Waals surface area contributed by atoms with Gasteiger partial charge in [0.1, 0.15) is 0 Å². The Balaban J connectivity index is 2.51. The fourth-order valence-corrected chi connectivity index (χ4v) is 3.22. The van der Waals surface area contributed by atoms with Gasteiger partial charge in [0.15, 0.2) is 0 Å². The minimum atomic E-state index is 0.0129. The number of nitrogens with zero attached hydrogens (tertiary/aromatic N) is 3. The number of hydrogen-bond donors (Lipinski definition) is 0. The van der Waals surface area contributed by atoms with Gasteiger partial charge in [-0.1, -0.05) is 39.5 Å². The third-order valence-corrected chi connectivity index (χ3v) is 4.97. The van der Waals surface area contributed by atoms with Crippen molar-refractivity contribution < 1.29 is 4.79 Å². The lowest BCUT2D eigenvalue weighted by Crippen LogP contribution is -2.34. The Morgan fingerprint density at radius 2 is 1.92 bits per heavy atom. The summed E-state index contributed by atoms with van der Waals surface area (Å²) < 4.78 is 0. The van der Waals surface area contributed by atoms with Gasteiger partial charge in [-0.05, 0) is 43.4 Å². The van der Waals surface area contributed by atoms with Gasteiger partial charge in [0.2, 0.25) is 0 Å². The maximum absolute atomic E-state index is 13.4. The zero-order chi connectivity index (χ0) is 19.3. The molecule has 2 rings (SSSR count). The smallest absolute Gasteiger partial charge is 0.261 e. The lowest BCUT2D eigenvalue weighted by Gasteiger charge is -2.26. The first kappa shape index (κ1) is 20.0. The number of carbonyl (C=O) groups excluding carboxylic acids is 1. The second-order valence-electron chi connectivity index (χ2n) is 7.00. The molecule has 0 radical (unpaired) electrons. The van der Waals surface area contributed by atoms with E-state index >= 15 is 0 Å². The maximum atomic E-state index is 13.4. The zero-order valence-corrected chi connectivity index (χ0v) is 16.7. The minimum Gasteiger partial charge on any atom is -0.375 e. The third-order valence-electron chi connectivity index (χ3n) is 4.97. The lowest BCUT2D eigenvalue weighted by atomic mass is 9.98. The number of aryl methyl sites for hydroxylation is 1. The number of benzene rings is 1. The Labute approximate surface area is 157 Å². The van der Waals surface area contributed by atoms with Crippen LogP contribution < -0.4 is 4.90 Å². The molecular weight excluding hydrogens is 322 g/mol. The van der Waals surface area contributed by atoms with Crippen LogP contribution in [0.3, 0.4) is 0 Å².